The van der Waals surface area contributed by atoms with Crippen LogP contribution in [0.2, 0.25) is 0 Å². The van der Waals surface area contributed by atoms with Crippen LogP contribution in [0.25, 0.3) is 0 Å². The molecule has 2 rings (SSSR count). The first kappa shape index (κ1) is 17.8. The molecule has 0 radical (unpaired) electrons. The van der Waals surface area contributed by atoms with Crippen molar-refractivity contribution in [2.24, 2.45) is 0 Å². The Kier molecular flexibility index (Phi) is 4.75. The van der Waals surface area contributed by atoms with Gasteiger partial charge in [-0.2, -0.15) is 8.78 Å². The molecular weight excluding hydrogens is 394 g/mol. The number of aryl methyl sites for hydroxylation is 1. The van der Waals surface area contributed by atoms with Gasteiger partial charge in [0.1, 0.15) is 0 Å². The molecule has 0 aromatic carbocycles. The molecule has 124 valence electrons. The van der Waals surface area contributed by atoms with Crippen LogP contribution in [-0.2, 0) is 12.1 Å². The molecule has 0 spiro atoms. The van der Waals surface area contributed by atoms with Crippen LogP contribution >= 0.6 is 27.3 Å². The maximum atomic E-state index is 15.0. The lowest BCUT2D eigenvalue weighted by Crippen LogP contribution is -2.45. The zero-order valence-corrected chi connectivity index (χ0v) is 14.2. The van der Waals surface area contributed by atoms with Gasteiger partial charge in [-0.05, 0) is 41.3 Å². The van der Waals surface area contributed by atoms with Crippen LogP contribution in [0.3, 0.4) is 0 Å². The van der Waals surface area contributed by atoms with Crippen molar-refractivity contribution in [2.75, 3.05) is 0 Å². The van der Waals surface area contributed by atoms with Crippen LogP contribution in [0.1, 0.15) is 35.8 Å². The van der Waals surface area contributed by atoms with Crippen molar-refractivity contribution in [3.05, 3.63) is 31.4 Å². The molecule has 0 amide bonds. The molecule has 8 heteroatoms. The summed E-state index contributed by atoms with van der Waals surface area (Å²) in [4.78, 5) is 0.0744. The van der Waals surface area contributed by atoms with E-state index in [0.29, 0.717) is 16.6 Å². The van der Waals surface area contributed by atoms with Crippen molar-refractivity contribution < 1.29 is 26.3 Å². The number of hydrogen-bond acceptors (Lipinski definition) is 1. The van der Waals surface area contributed by atoms with Gasteiger partial charge in [0.2, 0.25) is 11.5 Å². The summed E-state index contributed by atoms with van der Waals surface area (Å²) in [7, 11) is 0. The van der Waals surface area contributed by atoms with Gasteiger partial charge in [-0.25, -0.2) is 17.6 Å². The fraction of sp³-hybridized carbons (Fsp3) is 0.571. The average molecular weight is 407 g/mol. The molecule has 1 heterocycles. The quantitative estimate of drug-likeness (QED) is 0.503. The molecule has 0 saturated heterocycles. The summed E-state index contributed by atoms with van der Waals surface area (Å²) in [6, 6.07) is 0. The summed E-state index contributed by atoms with van der Waals surface area (Å²) in [5.41, 5.74) is -4.55. The van der Waals surface area contributed by atoms with Crippen LogP contribution in [0.15, 0.2) is 15.4 Å². The molecule has 1 aromatic rings. The zero-order chi connectivity index (χ0) is 16.9. The van der Waals surface area contributed by atoms with E-state index in [1.165, 1.54) is 6.92 Å². The SMILES string of the molecule is CCCCc1c(Br)sc(C)c1C1(F)C(F)C(F)=C(F)C1(F)F. The highest BCUT2D eigenvalue weighted by molar-refractivity contribution is 9.11. The van der Waals surface area contributed by atoms with Crippen molar-refractivity contribution in [2.45, 2.75) is 50.9 Å². The van der Waals surface area contributed by atoms with E-state index in [-0.39, 0.29) is 16.9 Å². The Morgan fingerprint density at radius 2 is 1.82 bits per heavy atom. The fourth-order valence-electron chi connectivity index (χ4n) is 2.65. The first-order valence-electron chi connectivity index (χ1n) is 6.65. The zero-order valence-electron chi connectivity index (χ0n) is 11.8. The number of thiophene rings is 1. The van der Waals surface area contributed by atoms with Crippen LogP contribution in [0.5, 0.6) is 0 Å². The average Bonchev–Trinajstić information content (AvgIpc) is 2.80. The minimum Gasteiger partial charge on any atom is -0.235 e. The molecule has 0 aliphatic heterocycles. The standard InChI is InChI=1S/C14H13BrF6S/c1-3-4-5-7-8(6(2)22-12(7)15)13(19)10(17)9(16)11(18)14(13,20)21/h10H,3-5H2,1-2H3. The summed E-state index contributed by atoms with van der Waals surface area (Å²) < 4.78 is 83.9. The molecule has 0 nitrogen and oxygen atoms in total. The lowest BCUT2D eigenvalue weighted by atomic mass is 9.85. The van der Waals surface area contributed by atoms with Gasteiger partial charge in [-0.15, -0.1) is 11.3 Å². The van der Waals surface area contributed by atoms with Crippen molar-refractivity contribution in [1.29, 1.82) is 0 Å². The third-order valence-corrected chi connectivity index (χ3v) is 5.69. The number of allylic oxidation sites excluding steroid dienone is 2. The third-order valence-electron chi connectivity index (χ3n) is 3.79. The second kappa shape index (κ2) is 5.85. The van der Waals surface area contributed by atoms with Crippen LogP contribution in [0, 0.1) is 6.92 Å². The predicted molar refractivity (Wildman–Crippen MR) is 77.2 cm³/mol. The van der Waals surface area contributed by atoms with Crippen molar-refractivity contribution in [1.82, 2.24) is 0 Å². The van der Waals surface area contributed by atoms with Crippen molar-refractivity contribution in [3.63, 3.8) is 0 Å². The first-order valence-corrected chi connectivity index (χ1v) is 8.26. The predicted octanol–water partition coefficient (Wildman–Crippen LogP) is 6.46. The first-order chi connectivity index (χ1) is 10.1. The second-order valence-corrected chi connectivity index (χ2v) is 7.74. The number of halogens is 7. The number of unbranched alkanes of at least 4 members (excludes halogenated alkanes) is 1. The minimum absolute atomic E-state index is 0.0744. The number of alkyl halides is 4. The maximum Gasteiger partial charge on any atom is 0.342 e. The monoisotopic (exact) mass is 406 g/mol. The van der Waals surface area contributed by atoms with Crippen LogP contribution in [0.4, 0.5) is 26.3 Å². The Bertz CT molecular complexity index is 623. The summed E-state index contributed by atoms with van der Waals surface area (Å²) in [5.74, 6) is -9.90. The van der Waals surface area contributed by atoms with Gasteiger partial charge >= 0.3 is 5.92 Å². The molecule has 1 aliphatic rings. The fourth-order valence-corrected chi connectivity index (χ4v) is 4.74. The highest BCUT2D eigenvalue weighted by atomic mass is 79.9. The van der Waals surface area contributed by atoms with Gasteiger partial charge < -0.3 is 0 Å². The van der Waals surface area contributed by atoms with Crippen molar-refractivity contribution >= 4 is 27.3 Å². The Hall–Kier alpha value is -0.500. The summed E-state index contributed by atoms with van der Waals surface area (Å²) in [6.07, 6.45) is -1.88. The van der Waals surface area contributed by atoms with Crippen molar-refractivity contribution in [3.8, 4) is 0 Å². The molecule has 0 N–H and O–H groups in total. The van der Waals surface area contributed by atoms with Crippen LogP contribution in [-0.4, -0.2) is 12.1 Å². The van der Waals surface area contributed by atoms with E-state index in [0.717, 1.165) is 11.3 Å². The van der Waals surface area contributed by atoms with Gasteiger partial charge in [0, 0.05) is 10.4 Å². The lowest BCUT2D eigenvalue weighted by molar-refractivity contribution is -0.137. The molecule has 0 fully saturated rings. The largest absolute Gasteiger partial charge is 0.342 e. The van der Waals surface area contributed by atoms with E-state index in [2.05, 4.69) is 15.9 Å². The Labute approximate surface area is 136 Å². The molecule has 2 atom stereocenters. The third kappa shape index (κ3) is 2.25. The highest BCUT2D eigenvalue weighted by Crippen LogP contribution is 2.60. The van der Waals surface area contributed by atoms with E-state index < -0.39 is 35.0 Å². The highest BCUT2D eigenvalue weighted by Gasteiger charge is 2.73. The van der Waals surface area contributed by atoms with E-state index in [9.17, 15) is 22.0 Å². The smallest absolute Gasteiger partial charge is 0.235 e. The summed E-state index contributed by atoms with van der Waals surface area (Å²) in [5, 5.41) is 0. The molecule has 2 unspecified atom stereocenters. The van der Waals surface area contributed by atoms with E-state index in [4.69, 9.17) is 0 Å². The maximum absolute atomic E-state index is 15.0. The van der Waals surface area contributed by atoms with E-state index in [1.807, 2.05) is 6.92 Å². The summed E-state index contributed by atoms with van der Waals surface area (Å²) >= 11 is 4.09. The topological polar surface area (TPSA) is 0 Å². The summed E-state index contributed by atoms with van der Waals surface area (Å²) in [6.45, 7) is 3.18. The number of rotatable bonds is 4. The van der Waals surface area contributed by atoms with Gasteiger partial charge in [-0.1, -0.05) is 13.3 Å². The molecule has 1 aromatic heterocycles. The number of hydrogen-bond donors (Lipinski definition) is 0. The molecule has 1 aliphatic carbocycles. The Morgan fingerprint density at radius 1 is 1.23 bits per heavy atom. The van der Waals surface area contributed by atoms with Gasteiger partial charge in [-0.3, -0.25) is 0 Å². The second-order valence-electron chi connectivity index (χ2n) is 5.20. The minimum atomic E-state index is -4.87. The van der Waals surface area contributed by atoms with Gasteiger partial charge in [0.25, 0.3) is 0 Å². The molecule has 0 saturated carbocycles. The van der Waals surface area contributed by atoms with Gasteiger partial charge in [0.15, 0.2) is 12.0 Å². The van der Waals surface area contributed by atoms with Crippen LogP contribution < -0.4 is 0 Å². The Balaban J connectivity index is 2.66. The normalized spacial score (nSPS) is 27.8. The lowest BCUT2D eigenvalue weighted by Gasteiger charge is -2.30. The molecule has 22 heavy (non-hydrogen) atoms. The van der Waals surface area contributed by atoms with E-state index >= 15 is 4.39 Å². The van der Waals surface area contributed by atoms with Gasteiger partial charge in [0.05, 0.1) is 3.79 Å². The van der Waals surface area contributed by atoms with E-state index in [1.54, 1.807) is 0 Å². The Morgan fingerprint density at radius 3 is 2.27 bits per heavy atom. The molecule has 0 bridgehead atoms. The molecular formula is C14H13BrF6S.